The van der Waals surface area contributed by atoms with Gasteiger partial charge in [-0.1, -0.05) is 0 Å². The van der Waals surface area contributed by atoms with Crippen LogP contribution >= 0.6 is 0 Å². The lowest BCUT2D eigenvalue weighted by atomic mass is 10.3. The lowest BCUT2D eigenvalue weighted by Crippen LogP contribution is -2.27. The number of aliphatic carboxylic acids is 4. The standard InChI is InChI=1S/C4H13N3.2C4H6O4/c5-1-3-7-4-2-6;2*5-3(6)1-2-4(7)8/h7H,1-6H2;2*1-2H2,(H,5,6)(H,7,8). The van der Waals surface area contributed by atoms with E-state index in [1.54, 1.807) is 0 Å². The molecule has 0 unspecified atom stereocenters. The minimum atomic E-state index is -1.08. The molecule has 0 saturated carbocycles. The van der Waals surface area contributed by atoms with Gasteiger partial charge in [-0.2, -0.15) is 0 Å². The van der Waals surface area contributed by atoms with Crippen LogP contribution in [0.1, 0.15) is 25.7 Å². The van der Waals surface area contributed by atoms with E-state index in [1.165, 1.54) is 0 Å². The Morgan fingerprint density at radius 3 is 0.957 bits per heavy atom. The van der Waals surface area contributed by atoms with Crippen molar-refractivity contribution < 1.29 is 39.6 Å². The van der Waals surface area contributed by atoms with E-state index in [0.29, 0.717) is 13.1 Å². The maximum absolute atomic E-state index is 9.64. The Morgan fingerprint density at radius 1 is 0.609 bits per heavy atom. The molecule has 0 aliphatic heterocycles. The van der Waals surface area contributed by atoms with Crippen molar-refractivity contribution in [2.45, 2.75) is 25.7 Å². The fourth-order valence-electron chi connectivity index (χ4n) is 0.757. The second-order valence-corrected chi connectivity index (χ2v) is 3.90. The molecule has 0 aromatic heterocycles. The predicted octanol–water partition coefficient (Wildman–Crippen LogP) is -1.63. The fraction of sp³-hybridized carbons (Fsp3) is 0.667. The van der Waals surface area contributed by atoms with Gasteiger partial charge in [-0.15, -0.1) is 0 Å². The summed E-state index contributed by atoms with van der Waals surface area (Å²) in [7, 11) is 0. The summed E-state index contributed by atoms with van der Waals surface area (Å²) in [5.41, 5.74) is 10.3. The van der Waals surface area contributed by atoms with E-state index in [1.807, 2.05) is 0 Å². The molecule has 0 rings (SSSR count). The number of carboxylic acids is 4. The maximum Gasteiger partial charge on any atom is 0.303 e. The van der Waals surface area contributed by atoms with Gasteiger partial charge in [-0.3, -0.25) is 19.2 Å². The van der Waals surface area contributed by atoms with Crippen molar-refractivity contribution in [2.75, 3.05) is 26.2 Å². The van der Waals surface area contributed by atoms with E-state index < -0.39 is 23.9 Å². The normalized spacial score (nSPS) is 8.78. The van der Waals surface area contributed by atoms with Crippen LogP contribution in [0.3, 0.4) is 0 Å². The van der Waals surface area contributed by atoms with Crippen molar-refractivity contribution in [3.63, 3.8) is 0 Å². The van der Waals surface area contributed by atoms with Crippen LogP contribution < -0.4 is 16.8 Å². The van der Waals surface area contributed by atoms with Crippen LogP contribution in [0, 0.1) is 0 Å². The molecule has 0 spiro atoms. The van der Waals surface area contributed by atoms with Crippen molar-refractivity contribution in [1.29, 1.82) is 0 Å². The van der Waals surface area contributed by atoms with E-state index >= 15 is 0 Å². The highest BCUT2D eigenvalue weighted by Crippen LogP contribution is 1.86. The van der Waals surface area contributed by atoms with Crippen LogP contribution in [0.25, 0.3) is 0 Å². The summed E-state index contributed by atoms with van der Waals surface area (Å²) >= 11 is 0. The molecular weight excluding hydrogens is 314 g/mol. The third kappa shape index (κ3) is 45.1. The van der Waals surface area contributed by atoms with Crippen LogP contribution in [-0.2, 0) is 19.2 Å². The average molecular weight is 339 g/mol. The van der Waals surface area contributed by atoms with E-state index in [9.17, 15) is 19.2 Å². The molecule has 0 amide bonds. The summed E-state index contributed by atoms with van der Waals surface area (Å²) in [6.45, 7) is 3.13. The van der Waals surface area contributed by atoms with Gasteiger partial charge in [0.25, 0.3) is 0 Å². The van der Waals surface area contributed by atoms with Crippen molar-refractivity contribution in [3.8, 4) is 0 Å². The quantitative estimate of drug-likeness (QED) is 0.224. The highest BCUT2D eigenvalue weighted by atomic mass is 16.4. The number of nitrogens with two attached hydrogens (primary N) is 2. The van der Waals surface area contributed by atoms with E-state index in [4.69, 9.17) is 31.9 Å². The van der Waals surface area contributed by atoms with Crippen LogP contribution in [0.15, 0.2) is 0 Å². The largest absolute Gasteiger partial charge is 0.481 e. The highest BCUT2D eigenvalue weighted by Gasteiger charge is 2.01. The maximum atomic E-state index is 9.64. The summed E-state index contributed by atoms with van der Waals surface area (Å²) in [6.07, 6.45) is -1.19. The third-order valence-corrected chi connectivity index (χ3v) is 1.75. The molecule has 0 atom stereocenters. The minimum absolute atomic E-state index is 0.296. The molecule has 11 nitrogen and oxygen atoms in total. The first kappa shape index (κ1) is 25.7. The van der Waals surface area contributed by atoms with Crippen LogP contribution in [0.4, 0.5) is 0 Å². The summed E-state index contributed by atoms with van der Waals surface area (Å²) in [4.78, 5) is 38.6. The average Bonchev–Trinajstić information content (AvgIpc) is 2.45. The Bertz CT molecular complexity index is 289. The summed E-state index contributed by atoms with van der Waals surface area (Å²) < 4.78 is 0. The molecule has 0 radical (unpaired) electrons. The number of nitrogens with one attached hydrogen (secondary N) is 1. The smallest absolute Gasteiger partial charge is 0.303 e. The number of carbonyl (C=O) groups is 4. The molecule has 23 heavy (non-hydrogen) atoms. The predicted molar refractivity (Wildman–Crippen MR) is 80.0 cm³/mol. The molecule has 136 valence electrons. The number of carboxylic acid groups (broad SMARTS) is 4. The van der Waals surface area contributed by atoms with Gasteiger partial charge in [-0.05, 0) is 0 Å². The molecule has 9 N–H and O–H groups in total. The van der Waals surface area contributed by atoms with Crippen molar-refractivity contribution in [1.82, 2.24) is 5.32 Å². The minimum Gasteiger partial charge on any atom is -0.481 e. The number of hydrogen-bond donors (Lipinski definition) is 7. The molecule has 0 saturated heterocycles. The fourth-order valence-corrected chi connectivity index (χ4v) is 0.757. The first-order chi connectivity index (χ1) is 10.7. The van der Waals surface area contributed by atoms with E-state index in [-0.39, 0.29) is 25.7 Å². The first-order valence-corrected chi connectivity index (χ1v) is 6.65. The first-order valence-electron chi connectivity index (χ1n) is 6.65. The van der Waals surface area contributed by atoms with Gasteiger partial charge < -0.3 is 37.2 Å². The molecule has 0 aromatic rings. The van der Waals surface area contributed by atoms with E-state index in [2.05, 4.69) is 5.32 Å². The third-order valence-electron chi connectivity index (χ3n) is 1.75. The zero-order valence-electron chi connectivity index (χ0n) is 12.7. The second-order valence-electron chi connectivity index (χ2n) is 3.90. The Labute approximate surface area is 133 Å². The zero-order valence-corrected chi connectivity index (χ0v) is 12.7. The molecule has 0 heterocycles. The second kappa shape index (κ2) is 19.8. The molecule has 11 heteroatoms. The van der Waals surface area contributed by atoms with Gasteiger partial charge in [0.1, 0.15) is 0 Å². The Balaban J connectivity index is -0.000000262. The molecule has 0 aromatic carbocycles. The SMILES string of the molecule is NCCNCCN.O=C(O)CCC(=O)O.O=C(O)CCC(=O)O. The van der Waals surface area contributed by atoms with Crippen molar-refractivity contribution in [2.24, 2.45) is 11.5 Å². The topological polar surface area (TPSA) is 213 Å². The molecule has 0 aliphatic carbocycles. The van der Waals surface area contributed by atoms with Gasteiger partial charge >= 0.3 is 23.9 Å². The van der Waals surface area contributed by atoms with Gasteiger partial charge in [0.2, 0.25) is 0 Å². The Morgan fingerprint density at radius 2 is 0.826 bits per heavy atom. The summed E-state index contributed by atoms with van der Waals surface area (Å²) in [5.74, 6) is -4.31. The van der Waals surface area contributed by atoms with Gasteiger partial charge in [0.05, 0.1) is 25.7 Å². The lowest BCUT2D eigenvalue weighted by Gasteiger charge is -1.95. The molecule has 0 aliphatic rings. The Hall–Kier alpha value is -2.24. The lowest BCUT2D eigenvalue weighted by molar-refractivity contribution is -0.143. The molecule has 0 fully saturated rings. The molecular formula is C12H25N3O8. The number of rotatable bonds is 10. The summed E-state index contributed by atoms with van der Waals surface area (Å²) in [6, 6.07) is 0. The Kier molecular flexibility index (Phi) is 22.1. The van der Waals surface area contributed by atoms with Crippen molar-refractivity contribution in [3.05, 3.63) is 0 Å². The monoisotopic (exact) mass is 339 g/mol. The van der Waals surface area contributed by atoms with Gasteiger partial charge in [0, 0.05) is 26.2 Å². The zero-order chi connectivity index (χ0) is 18.7. The van der Waals surface area contributed by atoms with Gasteiger partial charge in [-0.25, -0.2) is 0 Å². The van der Waals surface area contributed by atoms with Crippen LogP contribution in [0.2, 0.25) is 0 Å². The van der Waals surface area contributed by atoms with Crippen LogP contribution in [-0.4, -0.2) is 70.5 Å². The highest BCUT2D eigenvalue weighted by molar-refractivity contribution is 5.75. The van der Waals surface area contributed by atoms with Gasteiger partial charge in [0.15, 0.2) is 0 Å². The number of hydrogen-bond acceptors (Lipinski definition) is 7. The molecule has 0 bridgehead atoms. The van der Waals surface area contributed by atoms with Crippen LogP contribution in [0.5, 0.6) is 0 Å². The van der Waals surface area contributed by atoms with Crippen molar-refractivity contribution >= 4 is 23.9 Å². The summed E-state index contributed by atoms with van der Waals surface area (Å²) in [5, 5.41) is 34.6. The van der Waals surface area contributed by atoms with E-state index in [0.717, 1.165) is 13.1 Å².